The SMILES string of the molecule is Cc1ccc([C@@H]2CC(c3ccc(C)c(C)c3)=NN2C(=O)CN(CCN2CCOCC2)C(=O)c2cccs2)cc1. The van der Waals surface area contributed by atoms with Gasteiger partial charge in [-0.1, -0.05) is 48.0 Å². The molecule has 0 N–H and O–H groups in total. The first-order chi connectivity index (χ1) is 18.9. The Kier molecular flexibility index (Phi) is 8.55. The zero-order chi connectivity index (χ0) is 27.4. The van der Waals surface area contributed by atoms with E-state index in [9.17, 15) is 9.59 Å². The number of thiophene rings is 1. The molecule has 39 heavy (non-hydrogen) atoms. The second-order valence-corrected chi connectivity index (χ2v) is 11.3. The summed E-state index contributed by atoms with van der Waals surface area (Å²) in [5.41, 5.74) is 6.55. The molecule has 0 unspecified atom stereocenters. The first kappa shape index (κ1) is 27.2. The molecule has 7 nitrogen and oxygen atoms in total. The maximum absolute atomic E-state index is 13.9. The van der Waals surface area contributed by atoms with Crippen LogP contribution in [0.15, 0.2) is 65.1 Å². The van der Waals surface area contributed by atoms with E-state index in [-0.39, 0.29) is 24.4 Å². The zero-order valence-electron chi connectivity index (χ0n) is 22.9. The maximum Gasteiger partial charge on any atom is 0.264 e. The van der Waals surface area contributed by atoms with Gasteiger partial charge >= 0.3 is 0 Å². The third-order valence-electron chi connectivity index (χ3n) is 7.60. The number of amides is 2. The predicted molar refractivity (Wildman–Crippen MR) is 155 cm³/mol. The molecule has 0 spiro atoms. The highest BCUT2D eigenvalue weighted by atomic mass is 32.1. The first-order valence-electron chi connectivity index (χ1n) is 13.6. The van der Waals surface area contributed by atoms with Crippen molar-refractivity contribution >= 4 is 28.9 Å². The van der Waals surface area contributed by atoms with Gasteiger partial charge in [0.15, 0.2) is 0 Å². The fourth-order valence-corrected chi connectivity index (χ4v) is 5.71. The van der Waals surface area contributed by atoms with Crippen LogP contribution in [0, 0.1) is 20.8 Å². The van der Waals surface area contributed by atoms with Gasteiger partial charge < -0.3 is 9.64 Å². The number of benzene rings is 2. The number of hydrogen-bond acceptors (Lipinski definition) is 6. The summed E-state index contributed by atoms with van der Waals surface area (Å²) in [4.78, 5) is 32.0. The number of hydrazone groups is 1. The fourth-order valence-electron chi connectivity index (χ4n) is 5.02. The van der Waals surface area contributed by atoms with E-state index in [0.717, 1.165) is 29.9 Å². The van der Waals surface area contributed by atoms with E-state index in [1.54, 1.807) is 9.91 Å². The van der Waals surface area contributed by atoms with Gasteiger partial charge in [-0.3, -0.25) is 14.5 Å². The minimum atomic E-state index is -0.215. The van der Waals surface area contributed by atoms with Crippen molar-refractivity contribution in [1.82, 2.24) is 14.8 Å². The molecule has 0 bridgehead atoms. The third-order valence-corrected chi connectivity index (χ3v) is 8.46. The lowest BCUT2D eigenvalue weighted by molar-refractivity contribution is -0.133. The Labute approximate surface area is 234 Å². The van der Waals surface area contributed by atoms with E-state index in [4.69, 9.17) is 9.84 Å². The predicted octanol–water partition coefficient (Wildman–Crippen LogP) is 4.83. The normalized spacial score (nSPS) is 17.8. The molecule has 2 aromatic carbocycles. The summed E-state index contributed by atoms with van der Waals surface area (Å²) >= 11 is 1.40. The van der Waals surface area contributed by atoms with E-state index in [1.165, 1.54) is 28.0 Å². The summed E-state index contributed by atoms with van der Waals surface area (Å²) in [6.45, 7) is 10.5. The molecular weight excluding hydrogens is 508 g/mol. The van der Waals surface area contributed by atoms with Gasteiger partial charge in [0, 0.05) is 32.6 Å². The van der Waals surface area contributed by atoms with E-state index in [2.05, 4.69) is 68.1 Å². The highest BCUT2D eigenvalue weighted by Crippen LogP contribution is 2.33. The van der Waals surface area contributed by atoms with Gasteiger partial charge in [0.2, 0.25) is 0 Å². The lowest BCUT2D eigenvalue weighted by Gasteiger charge is -2.31. The Balaban J connectivity index is 1.40. The molecule has 1 aromatic heterocycles. The summed E-state index contributed by atoms with van der Waals surface area (Å²) in [5, 5.41) is 8.37. The summed E-state index contributed by atoms with van der Waals surface area (Å²) in [7, 11) is 0. The Hall–Kier alpha value is -3.33. The smallest absolute Gasteiger partial charge is 0.264 e. The van der Waals surface area contributed by atoms with Crippen molar-refractivity contribution in [2.45, 2.75) is 33.2 Å². The van der Waals surface area contributed by atoms with Crippen LogP contribution in [-0.2, 0) is 9.53 Å². The lowest BCUT2D eigenvalue weighted by Crippen LogP contribution is -2.46. The van der Waals surface area contributed by atoms with Crippen LogP contribution in [0.1, 0.15) is 50.0 Å². The van der Waals surface area contributed by atoms with Crippen LogP contribution >= 0.6 is 11.3 Å². The average Bonchev–Trinajstić information content (AvgIpc) is 3.64. The minimum Gasteiger partial charge on any atom is -0.379 e. The van der Waals surface area contributed by atoms with Gasteiger partial charge in [0.25, 0.3) is 11.8 Å². The van der Waals surface area contributed by atoms with Gasteiger partial charge in [0.1, 0.15) is 6.54 Å². The second kappa shape index (κ2) is 12.2. The molecular formula is C31H36N4O3S. The van der Waals surface area contributed by atoms with Crippen molar-refractivity contribution in [2.24, 2.45) is 5.10 Å². The molecule has 8 heteroatoms. The van der Waals surface area contributed by atoms with Crippen molar-refractivity contribution < 1.29 is 14.3 Å². The van der Waals surface area contributed by atoms with Crippen molar-refractivity contribution in [3.63, 3.8) is 0 Å². The van der Waals surface area contributed by atoms with Crippen LogP contribution in [0.25, 0.3) is 0 Å². The number of carbonyl (C=O) groups is 2. The van der Waals surface area contributed by atoms with E-state index in [1.807, 2.05) is 17.5 Å². The van der Waals surface area contributed by atoms with Crippen LogP contribution in [0.4, 0.5) is 0 Å². The fraction of sp³-hybridized carbons (Fsp3) is 0.387. The highest BCUT2D eigenvalue weighted by Gasteiger charge is 2.35. The van der Waals surface area contributed by atoms with E-state index < -0.39 is 0 Å². The zero-order valence-corrected chi connectivity index (χ0v) is 23.7. The topological polar surface area (TPSA) is 65.5 Å². The van der Waals surface area contributed by atoms with Crippen molar-refractivity contribution in [3.8, 4) is 0 Å². The second-order valence-electron chi connectivity index (χ2n) is 10.4. The van der Waals surface area contributed by atoms with Gasteiger partial charge in [-0.25, -0.2) is 5.01 Å². The Morgan fingerprint density at radius 2 is 1.79 bits per heavy atom. The number of aryl methyl sites for hydroxylation is 3. The molecule has 1 saturated heterocycles. The Morgan fingerprint density at radius 3 is 2.49 bits per heavy atom. The number of ether oxygens (including phenoxy) is 1. The van der Waals surface area contributed by atoms with Crippen molar-refractivity contribution in [3.05, 3.63) is 92.7 Å². The lowest BCUT2D eigenvalue weighted by atomic mass is 9.96. The number of hydrogen-bond donors (Lipinski definition) is 0. The average molecular weight is 545 g/mol. The molecule has 5 rings (SSSR count). The molecule has 2 amide bonds. The largest absolute Gasteiger partial charge is 0.379 e. The molecule has 0 aliphatic carbocycles. The number of nitrogens with zero attached hydrogens (tertiary/aromatic N) is 4. The summed E-state index contributed by atoms with van der Waals surface area (Å²) in [6.07, 6.45) is 0.629. The molecule has 1 atom stereocenters. The third kappa shape index (κ3) is 6.46. The molecule has 2 aliphatic heterocycles. The van der Waals surface area contributed by atoms with Gasteiger partial charge in [-0.05, 0) is 60.5 Å². The van der Waals surface area contributed by atoms with Crippen LogP contribution in [-0.4, -0.2) is 78.3 Å². The minimum absolute atomic E-state index is 0.0207. The molecule has 3 aromatic rings. The van der Waals surface area contributed by atoms with Crippen molar-refractivity contribution in [1.29, 1.82) is 0 Å². The molecule has 2 aliphatic rings. The quantitative estimate of drug-likeness (QED) is 0.408. The highest BCUT2D eigenvalue weighted by molar-refractivity contribution is 7.12. The monoisotopic (exact) mass is 544 g/mol. The van der Waals surface area contributed by atoms with Crippen LogP contribution in [0.3, 0.4) is 0 Å². The molecule has 0 saturated carbocycles. The van der Waals surface area contributed by atoms with Gasteiger partial charge in [-0.2, -0.15) is 5.10 Å². The Morgan fingerprint density at radius 1 is 1.03 bits per heavy atom. The summed E-state index contributed by atoms with van der Waals surface area (Å²) in [6, 6.07) is 18.1. The maximum atomic E-state index is 13.9. The van der Waals surface area contributed by atoms with E-state index >= 15 is 0 Å². The van der Waals surface area contributed by atoms with Crippen LogP contribution < -0.4 is 0 Å². The summed E-state index contributed by atoms with van der Waals surface area (Å²) in [5.74, 6) is -0.289. The van der Waals surface area contributed by atoms with Crippen LogP contribution in [0.2, 0.25) is 0 Å². The number of carbonyl (C=O) groups excluding carboxylic acids is 2. The van der Waals surface area contributed by atoms with Gasteiger partial charge in [0.05, 0.1) is 29.8 Å². The molecule has 0 radical (unpaired) electrons. The summed E-state index contributed by atoms with van der Waals surface area (Å²) < 4.78 is 5.47. The van der Waals surface area contributed by atoms with Gasteiger partial charge in [-0.15, -0.1) is 11.3 Å². The first-order valence-corrected chi connectivity index (χ1v) is 14.4. The Bertz CT molecular complexity index is 1330. The molecule has 204 valence electrons. The van der Waals surface area contributed by atoms with E-state index in [0.29, 0.717) is 37.6 Å². The van der Waals surface area contributed by atoms with Crippen molar-refractivity contribution in [2.75, 3.05) is 45.9 Å². The van der Waals surface area contributed by atoms with Crippen LogP contribution in [0.5, 0.6) is 0 Å². The number of morpholine rings is 1. The molecule has 3 heterocycles. The number of rotatable bonds is 8. The molecule has 1 fully saturated rings. The standard InChI is InChI=1S/C31H36N4O3S/c1-22-6-9-25(10-7-22)28-20-27(26-11-8-23(2)24(3)19-26)32-35(28)30(36)21-34(31(37)29-5-4-18-39-29)13-12-33-14-16-38-17-15-33/h4-11,18-19,28H,12-17,20-21H2,1-3H3/t28-/m0/s1.